The smallest absolute Gasteiger partial charge is 0.310 e. The van der Waals surface area contributed by atoms with Crippen LogP contribution in [0.15, 0.2) is 18.3 Å². The summed E-state index contributed by atoms with van der Waals surface area (Å²) in [6.45, 7) is 0. The second kappa shape index (κ2) is 5.52. The summed E-state index contributed by atoms with van der Waals surface area (Å²) in [7, 11) is -2.41. The number of nitrogens with one attached hydrogen (secondary N) is 1. The Morgan fingerprint density at radius 1 is 1.47 bits per heavy atom. The Labute approximate surface area is 111 Å². The summed E-state index contributed by atoms with van der Waals surface area (Å²) in [5.41, 5.74) is 0. The van der Waals surface area contributed by atoms with E-state index < -0.39 is 27.2 Å². The van der Waals surface area contributed by atoms with E-state index in [1.54, 1.807) is 6.07 Å². The zero-order valence-corrected chi connectivity index (χ0v) is 11.3. The van der Waals surface area contributed by atoms with Gasteiger partial charge in [0.2, 0.25) is 10.0 Å². The standard InChI is InChI=1S/C11H15N3O4S/c1-18-11(15)8-4-2-5-9(8)19(16,17)14-10-6-3-7-12-13-10/h3,6-9H,2,4-5H2,1H3,(H,13,14). The number of sulfonamides is 1. The van der Waals surface area contributed by atoms with Gasteiger partial charge in [-0.3, -0.25) is 9.52 Å². The van der Waals surface area contributed by atoms with Crippen LogP contribution in [0.1, 0.15) is 19.3 Å². The highest BCUT2D eigenvalue weighted by atomic mass is 32.2. The molecule has 0 amide bonds. The van der Waals surface area contributed by atoms with Gasteiger partial charge in [-0.2, -0.15) is 5.10 Å². The maximum Gasteiger partial charge on any atom is 0.310 e. The maximum atomic E-state index is 12.2. The van der Waals surface area contributed by atoms with E-state index in [4.69, 9.17) is 0 Å². The minimum Gasteiger partial charge on any atom is -0.469 e. The summed E-state index contributed by atoms with van der Waals surface area (Å²) in [6, 6.07) is 3.09. The molecular weight excluding hydrogens is 270 g/mol. The molecule has 1 aromatic heterocycles. The van der Waals surface area contributed by atoms with Crippen molar-refractivity contribution in [2.45, 2.75) is 24.5 Å². The Hall–Kier alpha value is -1.70. The van der Waals surface area contributed by atoms with Gasteiger partial charge in [-0.25, -0.2) is 8.42 Å². The van der Waals surface area contributed by atoms with Gasteiger partial charge in [0.05, 0.1) is 18.3 Å². The van der Waals surface area contributed by atoms with Crippen molar-refractivity contribution in [1.82, 2.24) is 10.2 Å². The summed E-state index contributed by atoms with van der Waals surface area (Å²) < 4.78 is 31.5. The fourth-order valence-electron chi connectivity index (χ4n) is 2.30. The summed E-state index contributed by atoms with van der Waals surface area (Å²) in [5, 5.41) is 6.49. The molecule has 0 spiro atoms. The van der Waals surface area contributed by atoms with E-state index >= 15 is 0 Å². The molecule has 0 saturated heterocycles. The second-order valence-corrected chi connectivity index (χ2v) is 6.25. The SMILES string of the molecule is COC(=O)C1CCCC1S(=O)(=O)Nc1cccnn1. The zero-order valence-electron chi connectivity index (χ0n) is 10.4. The number of hydrogen-bond acceptors (Lipinski definition) is 6. The van der Waals surface area contributed by atoms with Crippen LogP contribution in [0.2, 0.25) is 0 Å². The fraction of sp³-hybridized carbons (Fsp3) is 0.545. The average molecular weight is 285 g/mol. The number of rotatable bonds is 4. The molecule has 1 N–H and O–H groups in total. The molecule has 1 aliphatic rings. The van der Waals surface area contributed by atoms with Gasteiger partial charge in [-0.1, -0.05) is 6.42 Å². The fourth-order valence-corrected chi connectivity index (χ4v) is 4.00. The molecule has 2 atom stereocenters. The van der Waals surface area contributed by atoms with Crippen molar-refractivity contribution >= 4 is 21.8 Å². The first-order chi connectivity index (χ1) is 9.04. The van der Waals surface area contributed by atoms with E-state index in [9.17, 15) is 13.2 Å². The highest BCUT2D eigenvalue weighted by Gasteiger charge is 2.42. The molecule has 8 heteroatoms. The van der Waals surface area contributed by atoms with Crippen LogP contribution >= 0.6 is 0 Å². The number of carbonyl (C=O) groups excluding carboxylic acids is 1. The predicted octanol–water partition coefficient (Wildman–Crippen LogP) is 0.560. The van der Waals surface area contributed by atoms with Gasteiger partial charge in [0.15, 0.2) is 5.82 Å². The quantitative estimate of drug-likeness (QED) is 0.812. The van der Waals surface area contributed by atoms with Crippen molar-refractivity contribution in [3.63, 3.8) is 0 Å². The lowest BCUT2D eigenvalue weighted by atomic mass is 10.1. The molecule has 0 bridgehead atoms. The van der Waals surface area contributed by atoms with Crippen molar-refractivity contribution in [2.24, 2.45) is 5.92 Å². The summed E-state index contributed by atoms with van der Waals surface area (Å²) in [6.07, 6.45) is 3.10. The Kier molecular flexibility index (Phi) is 3.98. The molecule has 1 heterocycles. The third-order valence-electron chi connectivity index (χ3n) is 3.17. The van der Waals surface area contributed by atoms with E-state index in [1.165, 1.54) is 19.4 Å². The normalized spacial score (nSPS) is 23.0. The number of hydrogen-bond donors (Lipinski definition) is 1. The van der Waals surface area contributed by atoms with Gasteiger partial charge in [-0.05, 0) is 25.0 Å². The van der Waals surface area contributed by atoms with Crippen LogP contribution in [0.25, 0.3) is 0 Å². The first kappa shape index (κ1) is 13.7. The molecule has 1 saturated carbocycles. The van der Waals surface area contributed by atoms with Crippen molar-refractivity contribution in [3.8, 4) is 0 Å². The summed E-state index contributed by atoms with van der Waals surface area (Å²) in [4.78, 5) is 11.6. The number of aromatic nitrogens is 2. The summed E-state index contributed by atoms with van der Waals surface area (Å²) >= 11 is 0. The largest absolute Gasteiger partial charge is 0.469 e. The maximum absolute atomic E-state index is 12.2. The molecule has 0 aliphatic heterocycles. The topological polar surface area (TPSA) is 98.2 Å². The zero-order chi connectivity index (χ0) is 13.9. The molecule has 1 aliphatic carbocycles. The number of carbonyl (C=O) groups is 1. The Bertz CT molecular complexity index is 546. The number of methoxy groups -OCH3 is 1. The van der Waals surface area contributed by atoms with Gasteiger partial charge < -0.3 is 4.74 Å². The lowest BCUT2D eigenvalue weighted by molar-refractivity contribution is -0.145. The van der Waals surface area contributed by atoms with Crippen LogP contribution in [0.4, 0.5) is 5.82 Å². The first-order valence-corrected chi connectivity index (χ1v) is 7.46. The predicted molar refractivity (Wildman–Crippen MR) is 67.7 cm³/mol. The second-order valence-electron chi connectivity index (χ2n) is 4.35. The van der Waals surface area contributed by atoms with E-state index in [-0.39, 0.29) is 5.82 Å². The van der Waals surface area contributed by atoms with Crippen LogP contribution in [0, 0.1) is 5.92 Å². The Balaban J connectivity index is 2.17. The lowest BCUT2D eigenvalue weighted by Gasteiger charge is -2.18. The Morgan fingerprint density at radius 2 is 2.26 bits per heavy atom. The molecule has 2 unspecified atom stereocenters. The van der Waals surface area contributed by atoms with Crippen molar-refractivity contribution in [3.05, 3.63) is 18.3 Å². The molecule has 7 nitrogen and oxygen atoms in total. The number of anilines is 1. The van der Waals surface area contributed by atoms with Crippen LogP contribution in [0.3, 0.4) is 0 Å². The molecule has 1 fully saturated rings. The van der Waals surface area contributed by atoms with Crippen LogP contribution in [-0.2, 0) is 19.6 Å². The number of esters is 1. The van der Waals surface area contributed by atoms with Crippen LogP contribution < -0.4 is 4.72 Å². The highest BCUT2D eigenvalue weighted by molar-refractivity contribution is 7.93. The average Bonchev–Trinajstić information content (AvgIpc) is 2.88. The van der Waals surface area contributed by atoms with Gasteiger partial charge in [-0.15, -0.1) is 5.10 Å². The number of ether oxygens (including phenoxy) is 1. The third kappa shape index (κ3) is 3.01. The van der Waals surface area contributed by atoms with Gasteiger partial charge >= 0.3 is 5.97 Å². The highest BCUT2D eigenvalue weighted by Crippen LogP contribution is 2.32. The molecular formula is C11H15N3O4S. The molecule has 2 rings (SSSR count). The monoisotopic (exact) mass is 285 g/mol. The summed E-state index contributed by atoms with van der Waals surface area (Å²) in [5.74, 6) is -0.941. The molecule has 104 valence electrons. The first-order valence-electron chi connectivity index (χ1n) is 5.92. The minimum absolute atomic E-state index is 0.151. The van der Waals surface area contributed by atoms with Crippen molar-refractivity contribution < 1.29 is 17.9 Å². The lowest BCUT2D eigenvalue weighted by Crippen LogP contribution is -2.35. The van der Waals surface area contributed by atoms with E-state index in [2.05, 4.69) is 19.7 Å². The van der Waals surface area contributed by atoms with E-state index in [0.717, 1.165) is 0 Å². The molecule has 0 aromatic carbocycles. The van der Waals surface area contributed by atoms with E-state index in [1.807, 2.05) is 0 Å². The van der Waals surface area contributed by atoms with Crippen molar-refractivity contribution in [1.29, 1.82) is 0 Å². The van der Waals surface area contributed by atoms with Gasteiger partial charge in [0.25, 0.3) is 0 Å². The Morgan fingerprint density at radius 3 is 2.89 bits per heavy atom. The number of nitrogens with zero attached hydrogens (tertiary/aromatic N) is 2. The van der Waals surface area contributed by atoms with Crippen molar-refractivity contribution in [2.75, 3.05) is 11.8 Å². The van der Waals surface area contributed by atoms with E-state index in [0.29, 0.717) is 19.3 Å². The third-order valence-corrected chi connectivity index (χ3v) is 5.03. The molecule has 0 radical (unpaired) electrons. The molecule has 19 heavy (non-hydrogen) atoms. The van der Waals surface area contributed by atoms with Crippen LogP contribution in [0.5, 0.6) is 0 Å². The van der Waals surface area contributed by atoms with Gasteiger partial charge in [0, 0.05) is 6.20 Å². The molecule has 1 aromatic rings. The van der Waals surface area contributed by atoms with Gasteiger partial charge in [0.1, 0.15) is 0 Å². The minimum atomic E-state index is -3.67. The van der Waals surface area contributed by atoms with Crippen LogP contribution in [-0.4, -0.2) is 36.9 Å².